The number of alkyl halides is 1. The van der Waals surface area contributed by atoms with E-state index >= 15 is 4.39 Å². The van der Waals surface area contributed by atoms with Crippen molar-refractivity contribution in [3.05, 3.63) is 113 Å². The van der Waals surface area contributed by atoms with E-state index < -0.39 is 48.7 Å². The number of hydrogen-bond acceptors (Lipinski definition) is 7. The second-order valence-electron chi connectivity index (χ2n) is 8.66. The van der Waals surface area contributed by atoms with Gasteiger partial charge in [-0.3, -0.25) is 9.36 Å². The first-order chi connectivity index (χ1) is 18.5. The third-order valence-corrected chi connectivity index (χ3v) is 6.33. The van der Waals surface area contributed by atoms with Crippen molar-refractivity contribution in [1.29, 1.82) is 0 Å². The van der Waals surface area contributed by atoms with Crippen molar-refractivity contribution in [1.82, 2.24) is 4.57 Å². The van der Waals surface area contributed by atoms with E-state index in [-0.39, 0.29) is 5.56 Å². The van der Waals surface area contributed by atoms with Crippen LogP contribution in [0.25, 0.3) is 10.8 Å². The molecule has 1 aromatic heterocycles. The molecule has 4 aromatic rings. The SMILES string of the molecule is COc1cccc2c(=O)n([C@H]3O[C@H](COC(=O)c4ccccc4)[C@@H](OC(=O)c4ccccc4)[C@@H]3F)ccc12. The van der Waals surface area contributed by atoms with Gasteiger partial charge >= 0.3 is 11.9 Å². The summed E-state index contributed by atoms with van der Waals surface area (Å²) in [5, 5.41) is 0.865. The van der Waals surface area contributed by atoms with Crippen LogP contribution in [0.3, 0.4) is 0 Å². The summed E-state index contributed by atoms with van der Waals surface area (Å²) >= 11 is 0. The van der Waals surface area contributed by atoms with E-state index in [0.29, 0.717) is 22.1 Å². The molecule has 1 saturated heterocycles. The lowest BCUT2D eigenvalue weighted by molar-refractivity contribution is -0.0587. The molecule has 0 bridgehead atoms. The fourth-order valence-corrected chi connectivity index (χ4v) is 4.42. The molecule has 0 saturated carbocycles. The summed E-state index contributed by atoms with van der Waals surface area (Å²) in [7, 11) is 1.49. The molecule has 4 atom stereocenters. The smallest absolute Gasteiger partial charge is 0.338 e. The van der Waals surface area contributed by atoms with Crippen molar-refractivity contribution in [2.24, 2.45) is 0 Å². The number of ether oxygens (including phenoxy) is 4. The maximum absolute atomic E-state index is 15.9. The molecule has 1 aliphatic rings. The Morgan fingerprint density at radius 3 is 2.18 bits per heavy atom. The lowest BCUT2D eigenvalue weighted by atomic mass is 10.1. The van der Waals surface area contributed by atoms with E-state index in [2.05, 4.69) is 0 Å². The largest absolute Gasteiger partial charge is 0.496 e. The molecule has 1 fully saturated rings. The number of esters is 2. The fourth-order valence-electron chi connectivity index (χ4n) is 4.42. The number of aromatic nitrogens is 1. The first-order valence-electron chi connectivity index (χ1n) is 11.9. The normalized spacial score (nSPS) is 20.7. The van der Waals surface area contributed by atoms with Crippen molar-refractivity contribution in [3.8, 4) is 5.75 Å². The molecule has 5 rings (SSSR count). The van der Waals surface area contributed by atoms with Crippen LogP contribution in [-0.2, 0) is 14.2 Å². The topological polar surface area (TPSA) is 93.1 Å². The van der Waals surface area contributed by atoms with Crippen molar-refractivity contribution >= 4 is 22.7 Å². The molecule has 9 heteroatoms. The third-order valence-electron chi connectivity index (χ3n) is 6.33. The Hall–Kier alpha value is -4.50. The van der Waals surface area contributed by atoms with Gasteiger partial charge in [-0.2, -0.15) is 0 Å². The van der Waals surface area contributed by atoms with Gasteiger partial charge in [0.25, 0.3) is 5.56 Å². The number of pyridine rings is 1. The van der Waals surface area contributed by atoms with Crippen LogP contribution >= 0.6 is 0 Å². The minimum Gasteiger partial charge on any atom is -0.496 e. The molecular formula is C29H24FNO7. The highest BCUT2D eigenvalue weighted by Crippen LogP contribution is 2.35. The van der Waals surface area contributed by atoms with E-state index in [0.717, 1.165) is 4.57 Å². The summed E-state index contributed by atoms with van der Waals surface area (Å²) in [6, 6.07) is 23.0. The molecule has 3 aromatic carbocycles. The van der Waals surface area contributed by atoms with Gasteiger partial charge in [0.15, 0.2) is 18.5 Å². The zero-order chi connectivity index (χ0) is 26.6. The molecule has 0 aliphatic carbocycles. The standard InChI is InChI=1S/C29H24FNO7/c1-35-22-14-8-13-21-20(22)15-16-31(26(21)32)27-24(30)25(38-29(34)19-11-6-3-7-12-19)23(37-27)17-36-28(33)18-9-4-2-5-10-18/h2-16,23-25,27H,17H2,1H3/t23-,24+,25-,27+/m1/s1. The second-order valence-corrected chi connectivity index (χ2v) is 8.66. The first kappa shape index (κ1) is 25.2. The first-order valence-corrected chi connectivity index (χ1v) is 11.9. The van der Waals surface area contributed by atoms with Gasteiger partial charge in [0.2, 0.25) is 0 Å². The Labute approximate surface area is 217 Å². The summed E-state index contributed by atoms with van der Waals surface area (Å²) < 4.78 is 39.1. The Kier molecular flexibility index (Phi) is 7.19. The molecule has 0 spiro atoms. The lowest BCUT2D eigenvalue weighted by Crippen LogP contribution is -2.37. The highest BCUT2D eigenvalue weighted by molar-refractivity contribution is 5.90. The minimum absolute atomic E-state index is 0.221. The van der Waals surface area contributed by atoms with Crippen molar-refractivity contribution < 1.29 is 32.9 Å². The van der Waals surface area contributed by atoms with Crippen LogP contribution in [0.1, 0.15) is 26.9 Å². The predicted octanol–water partition coefficient (Wildman–Crippen LogP) is 4.33. The number of nitrogens with zero attached hydrogens (tertiary/aromatic N) is 1. The van der Waals surface area contributed by atoms with Gasteiger partial charge in [-0.1, -0.05) is 42.5 Å². The quantitative estimate of drug-likeness (QED) is 0.337. The van der Waals surface area contributed by atoms with Gasteiger partial charge < -0.3 is 18.9 Å². The number of carbonyl (C=O) groups excluding carboxylic acids is 2. The van der Waals surface area contributed by atoms with Crippen LogP contribution < -0.4 is 10.3 Å². The third kappa shape index (κ3) is 4.88. The molecule has 0 N–H and O–H groups in total. The summed E-state index contributed by atoms with van der Waals surface area (Å²) in [6.07, 6.45) is -4.55. The molecule has 0 unspecified atom stereocenters. The lowest BCUT2D eigenvalue weighted by Gasteiger charge is -2.19. The summed E-state index contributed by atoms with van der Waals surface area (Å²) in [5.41, 5.74) is 0.0126. The zero-order valence-electron chi connectivity index (χ0n) is 20.4. The van der Waals surface area contributed by atoms with E-state index in [1.807, 2.05) is 0 Å². The van der Waals surface area contributed by atoms with E-state index in [9.17, 15) is 14.4 Å². The van der Waals surface area contributed by atoms with Crippen LogP contribution in [0.15, 0.2) is 95.9 Å². The number of rotatable bonds is 7. The van der Waals surface area contributed by atoms with Gasteiger partial charge in [-0.05, 0) is 42.5 Å². The molecule has 8 nitrogen and oxygen atoms in total. The molecule has 194 valence electrons. The van der Waals surface area contributed by atoms with Crippen LogP contribution in [0.5, 0.6) is 5.75 Å². The Balaban J connectivity index is 1.44. The maximum Gasteiger partial charge on any atom is 0.338 e. The molecule has 38 heavy (non-hydrogen) atoms. The fraction of sp³-hybridized carbons (Fsp3) is 0.207. The Morgan fingerprint density at radius 1 is 0.868 bits per heavy atom. The maximum atomic E-state index is 15.9. The Morgan fingerprint density at radius 2 is 1.53 bits per heavy atom. The highest BCUT2D eigenvalue weighted by atomic mass is 19.1. The van der Waals surface area contributed by atoms with Gasteiger partial charge in [0.05, 0.1) is 23.6 Å². The highest BCUT2D eigenvalue weighted by Gasteiger charge is 2.49. The number of carbonyl (C=O) groups is 2. The summed E-state index contributed by atoms with van der Waals surface area (Å²) in [5.74, 6) is -0.912. The number of benzene rings is 3. The monoisotopic (exact) mass is 517 g/mol. The van der Waals surface area contributed by atoms with Gasteiger partial charge in [-0.15, -0.1) is 0 Å². The van der Waals surface area contributed by atoms with Crippen LogP contribution in [0, 0.1) is 0 Å². The van der Waals surface area contributed by atoms with Crippen LogP contribution in [0.2, 0.25) is 0 Å². The second kappa shape index (κ2) is 10.9. The van der Waals surface area contributed by atoms with Gasteiger partial charge in [-0.25, -0.2) is 14.0 Å². The van der Waals surface area contributed by atoms with E-state index in [1.54, 1.807) is 72.8 Å². The van der Waals surface area contributed by atoms with Crippen molar-refractivity contribution in [2.45, 2.75) is 24.6 Å². The van der Waals surface area contributed by atoms with Crippen LogP contribution in [0.4, 0.5) is 4.39 Å². The Bertz CT molecular complexity index is 1510. The average molecular weight is 518 g/mol. The van der Waals surface area contributed by atoms with Gasteiger partial charge in [0.1, 0.15) is 18.5 Å². The molecule has 0 radical (unpaired) electrons. The van der Waals surface area contributed by atoms with Gasteiger partial charge in [0, 0.05) is 11.6 Å². The van der Waals surface area contributed by atoms with Crippen LogP contribution in [-0.4, -0.2) is 48.6 Å². The molecule has 0 amide bonds. The number of halogens is 1. The molecule has 1 aliphatic heterocycles. The molecular weight excluding hydrogens is 493 g/mol. The van der Waals surface area contributed by atoms with E-state index in [1.165, 1.54) is 25.4 Å². The summed E-state index contributed by atoms with van der Waals surface area (Å²) in [4.78, 5) is 38.6. The summed E-state index contributed by atoms with van der Waals surface area (Å²) in [6.45, 7) is -0.395. The number of fused-ring (bicyclic) bond motifs is 1. The average Bonchev–Trinajstić information content (AvgIpc) is 3.26. The van der Waals surface area contributed by atoms with Crippen molar-refractivity contribution in [3.63, 3.8) is 0 Å². The van der Waals surface area contributed by atoms with Crippen molar-refractivity contribution in [2.75, 3.05) is 13.7 Å². The minimum atomic E-state index is -1.93. The van der Waals surface area contributed by atoms with E-state index in [4.69, 9.17) is 18.9 Å². The molecule has 2 heterocycles. The number of methoxy groups -OCH3 is 1. The number of hydrogen-bond donors (Lipinski definition) is 0. The predicted molar refractivity (Wildman–Crippen MR) is 136 cm³/mol. The zero-order valence-corrected chi connectivity index (χ0v) is 20.4.